The highest BCUT2D eigenvalue weighted by molar-refractivity contribution is 5.71. The van der Waals surface area contributed by atoms with E-state index in [9.17, 15) is 4.79 Å². The van der Waals surface area contributed by atoms with Crippen molar-refractivity contribution in [2.45, 2.75) is 6.92 Å². The van der Waals surface area contributed by atoms with Crippen molar-refractivity contribution in [3.63, 3.8) is 0 Å². The van der Waals surface area contributed by atoms with Gasteiger partial charge in [-0.1, -0.05) is 0 Å². The van der Waals surface area contributed by atoms with Crippen LogP contribution in [0.1, 0.15) is 16.4 Å². The van der Waals surface area contributed by atoms with Gasteiger partial charge in [0.25, 0.3) is 5.89 Å². The van der Waals surface area contributed by atoms with Crippen molar-refractivity contribution in [2.75, 3.05) is 7.11 Å². The molecule has 82 valence electrons. The van der Waals surface area contributed by atoms with Gasteiger partial charge in [-0.15, -0.1) is 0 Å². The van der Waals surface area contributed by atoms with Gasteiger partial charge in [0.05, 0.1) is 7.11 Å². The second-order valence-electron chi connectivity index (χ2n) is 3.30. The monoisotopic (exact) mass is 217 g/mol. The van der Waals surface area contributed by atoms with Crippen molar-refractivity contribution >= 4 is 6.29 Å². The molecule has 0 spiro atoms. The quantitative estimate of drug-likeness (QED) is 0.741. The highest BCUT2D eigenvalue weighted by atomic mass is 16.5. The average molecular weight is 217 g/mol. The molecule has 4 heteroatoms. The normalized spacial score (nSPS) is 10.1. The second-order valence-corrected chi connectivity index (χ2v) is 3.30. The fourth-order valence-electron chi connectivity index (χ4n) is 1.48. The molecule has 0 aliphatic carbocycles. The summed E-state index contributed by atoms with van der Waals surface area (Å²) in [6.07, 6.45) is 0.597. The summed E-state index contributed by atoms with van der Waals surface area (Å²) in [5, 5.41) is 0. The van der Waals surface area contributed by atoms with Crippen molar-refractivity contribution < 1.29 is 13.9 Å². The number of oxazole rings is 1. The molecule has 0 atom stereocenters. The van der Waals surface area contributed by atoms with Gasteiger partial charge in [0, 0.05) is 5.56 Å². The van der Waals surface area contributed by atoms with E-state index < -0.39 is 0 Å². The van der Waals surface area contributed by atoms with E-state index in [2.05, 4.69) is 4.98 Å². The third-order valence-electron chi connectivity index (χ3n) is 2.28. The Morgan fingerprint density at radius 1 is 1.31 bits per heavy atom. The van der Waals surface area contributed by atoms with Gasteiger partial charge < -0.3 is 9.15 Å². The molecule has 1 heterocycles. The SMILES string of the molecule is COc1ccc(-c2nc(C=O)oc2C)cc1. The van der Waals surface area contributed by atoms with E-state index in [0.29, 0.717) is 17.7 Å². The molecular weight excluding hydrogens is 206 g/mol. The van der Waals surface area contributed by atoms with Gasteiger partial charge in [0.2, 0.25) is 6.29 Å². The third-order valence-corrected chi connectivity index (χ3v) is 2.28. The number of aryl methyl sites for hydroxylation is 1. The molecule has 0 amide bonds. The Labute approximate surface area is 92.9 Å². The lowest BCUT2D eigenvalue weighted by molar-refractivity contribution is 0.109. The van der Waals surface area contributed by atoms with E-state index in [1.165, 1.54) is 0 Å². The van der Waals surface area contributed by atoms with Crippen LogP contribution in [0, 0.1) is 6.92 Å². The van der Waals surface area contributed by atoms with Crippen molar-refractivity contribution in [3.8, 4) is 17.0 Å². The summed E-state index contributed by atoms with van der Waals surface area (Å²) in [5.74, 6) is 1.51. The second kappa shape index (κ2) is 4.18. The molecular formula is C12H11NO3. The summed E-state index contributed by atoms with van der Waals surface area (Å²) >= 11 is 0. The Morgan fingerprint density at radius 2 is 2.00 bits per heavy atom. The van der Waals surface area contributed by atoms with Crippen LogP contribution in [0.4, 0.5) is 0 Å². The van der Waals surface area contributed by atoms with E-state index in [1.54, 1.807) is 14.0 Å². The van der Waals surface area contributed by atoms with E-state index >= 15 is 0 Å². The predicted molar refractivity (Wildman–Crippen MR) is 58.6 cm³/mol. The molecule has 16 heavy (non-hydrogen) atoms. The molecule has 2 rings (SSSR count). The first-order valence-corrected chi connectivity index (χ1v) is 4.81. The molecule has 0 saturated carbocycles. The smallest absolute Gasteiger partial charge is 0.260 e. The standard InChI is InChI=1S/C12H11NO3/c1-8-12(13-11(7-14)16-8)9-3-5-10(15-2)6-4-9/h3-7H,1-2H3. The van der Waals surface area contributed by atoms with Crippen molar-refractivity contribution in [1.82, 2.24) is 4.98 Å². The number of carbonyl (C=O) groups excluding carboxylic acids is 1. The van der Waals surface area contributed by atoms with Crippen molar-refractivity contribution in [3.05, 3.63) is 35.9 Å². The van der Waals surface area contributed by atoms with Crippen LogP contribution in [0.2, 0.25) is 0 Å². The summed E-state index contributed by atoms with van der Waals surface area (Å²) in [4.78, 5) is 14.6. The summed E-state index contributed by atoms with van der Waals surface area (Å²) < 4.78 is 10.2. The number of benzene rings is 1. The zero-order chi connectivity index (χ0) is 11.5. The summed E-state index contributed by atoms with van der Waals surface area (Å²) in [6, 6.07) is 7.42. The first-order valence-electron chi connectivity index (χ1n) is 4.81. The highest BCUT2D eigenvalue weighted by Crippen LogP contribution is 2.24. The van der Waals surface area contributed by atoms with E-state index in [-0.39, 0.29) is 5.89 Å². The fourth-order valence-corrected chi connectivity index (χ4v) is 1.48. The Balaban J connectivity index is 2.41. The lowest BCUT2D eigenvalue weighted by Crippen LogP contribution is -1.84. The molecule has 0 radical (unpaired) electrons. The van der Waals surface area contributed by atoms with Gasteiger partial charge in [-0.2, -0.15) is 0 Å². The maximum absolute atomic E-state index is 10.5. The average Bonchev–Trinajstić information content (AvgIpc) is 2.71. The lowest BCUT2D eigenvalue weighted by atomic mass is 10.1. The molecule has 4 nitrogen and oxygen atoms in total. The van der Waals surface area contributed by atoms with Crippen LogP contribution >= 0.6 is 0 Å². The Bertz CT molecular complexity index is 499. The highest BCUT2D eigenvalue weighted by Gasteiger charge is 2.10. The minimum atomic E-state index is 0.100. The first-order chi connectivity index (χ1) is 7.74. The van der Waals surface area contributed by atoms with Crippen molar-refractivity contribution in [2.24, 2.45) is 0 Å². The molecule has 0 saturated heterocycles. The van der Waals surface area contributed by atoms with Gasteiger partial charge >= 0.3 is 0 Å². The first kappa shape index (κ1) is 10.4. The zero-order valence-electron chi connectivity index (χ0n) is 9.06. The number of nitrogens with zero attached hydrogens (tertiary/aromatic N) is 1. The largest absolute Gasteiger partial charge is 0.497 e. The van der Waals surface area contributed by atoms with Crippen LogP contribution in [0.25, 0.3) is 11.3 Å². The van der Waals surface area contributed by atoms with E-state index in [0.717, 1.165) is 11.3 Å². The minimum absolute atomic E-state index is 0.100. The van der Waals surface area contributed by atoms with Crippen LogP contribution in [-0.4, -0.2) is 18.4 Å². The summed E-state index contributed by atoms with van der Waals surface area (Å²) in [5.41, 5.74) is 1.58. The van der Waals surface area contributed by atoms with Crippen molar-refractivity contribution in [1.29, 1.82) is 0 Å². The van der Waals surface area contributed by atoms with Crippen LogP contribution in [0.3, 0.4) is 0 Å². The lowest BCUT2D eigenvalue weighted by Gasteiger charge is -2.00. The maximum Gasteiger partial charge on any atom is 0.260 e. The summed E-state index contributed by atoms with van der Waals surface area (Å²) in [6.45, 7) is 1.78. The van der Waals surface area contributed by atoms with E-state index in [1.807, 2.05) is 24.3 Å². The van der Waals surface area contributed by atoms with Crippen LogP contribution in [0.5, 0.6) is 5.75 Å². The van der Waals surface area contributed by atoms with Gasteiger partial charge in [-0.3, -0.25) is 4.79 Å². The minimum Gasteiger partial charge on any atom is -0.497 e. The van der Waals surface area contributed by atoms with Crippen LogP contribution in [0.15, 0.2) is 28.7 Å². The number of carbonyl (C=O) groups is 1. The Kier molecular flexibility index (Phi) is 2.72. The molecule has 2 aromatic rings. The number of aldehydes is 1. The topological polar surface area (TPSA) is 52.3 Å². The number of ether oxygens (including phenoxy) is 1. The number of hydrogen-bond donors (Lipinski definition) is 0. The zero-order valence-corrected chi connectivity index (χ0v) is 9.06. The fraction of sp³-hybridized carbons (Fsp3) is 0.167. The summed E-state index contributed by atoms with van der Waals surface area (Å²) in [7, 11) is 1.61. The number of hydrogen-bond acceptors (Lipinski definition) is 4. The maximum atomic E-state index is 10.5. The van der Waals surface area contributed by atoms with Gasteiger partial charge in [-0.05, 0) is 31.2 Å². The Morgan fingerprint density at radius 3 is 2.50 bits per heavy atom. The van der Waals surface area contributed by atoms with Gasteiger partial charge in [-0.25, -0.2) is 4.98 Å². The Hall–Kier alpha value is -2.10. The number of aromatic nitrogens is 1. The molecule has 1 aromatic carbocycles. The molecule has 0 aliphatic heterocycles. The molecule has 0 fully saturated rings. The van der Waals surface area contributed by atoms with Gasteiger partial charge in [0.15, 0.2) is 0 Å². The van der Waals surface area contributed by atoms with Crippen LogP contribution < -0.4 is 4.74 Å². The number of rotatable bonds is 3. The number of methoxy groups -OCH3 is 1. The van der Waals surface area contributed by atoms with Crippen LogP contribution in [-0.2, 0) is 0 Å². The molecule has 1 aromatic heterocycles. The molecule has 0 bridgehead atoms. The molecule has 0 aliphatic rings. The van der Waals surface area contributed by atoms with E-state index in [4.69, 9.17) is 9.15 Å². The molecule has 0 unspecified atom stereocenters. The van der Waals surface area contributed by atoms with Gasteiger partial charge in [0.1, 0.15) is 17.2 Å². The molecule has 0 N–H and O–H groups in total. The third kappa shape index (κ3) is 1.82. The predicted octanol–water partition coefficient (Wildman–Crippen LogP) is 2.47.